The van der Waals surface area contributed by atoms with Crippen LogP contribution in [0.1, 0.15) is 11.1 Å². The molecule has 1 aromatic carbocycles. The van der Waals surface area contributed by atoms with Crippen molar-refractivity contribution in [2.45, 2.75) is 0 Å². The fourth-order valence-corrected chi connectivity index (χ4v) is 1.36. The molecule has 3 nitrogen and oxygen atoms in total. The van der Waals surface area contributed by atoms with Crippen LogP contribution >= 0.6 is 0 Å². The molecule has 0 aliphatic rings. The van der Waals surface area contributed by atoms with E-state index in [4.69, 9.17) is 10.5 Å². The standard InChI is InChI=1S/C14H12N2O/c1-17-14-10-12(7-8-16-14)6-5-11-3-2-4-13(15)9-11/h2-4,7-10H,15H2,1H3. The highest BCUT2D eigenvalue weighted by molar-refractivity contribution is 5.49. The van der Waals surface area contributed by atoms with Gasteiger partial charge in [-0.05, 0) is 24.3 Å². The molecule has 0 aliphatic heterocycles. The largest absolute Gasteiger partial charge is 0.481 e. The number of rotatable bonds is 1. The Morgan fingerprint density at radius 1 is 1.12 bits per heavy atom. The van der Waals surface area contributed by atoms with E-state index in [1.165, 1.54) is 0 Å². The maximum Gasteiger partial charge on any atom is 0.214 e. The number of methoxy groups -OCH3 is 1. The molecule has 0 unspecified atom stereocenters. The first-order valence-electron chi connectivity index (χ1n) is 5.15. The molecule has 3 heteroatoms. The van der Waals surface area contributed by atoms with E-state index in [1.807, 2.05) is 30.3 Å². The van der Waals surface area contributed by atoms with Gasteiger partial charge in [-0.2, -0.15) is 0 Å². The fourth-order valence-electron chi connectivity index (χ4n) is 1.36. The van der Waals surface area contributed by atoms with Crippen LogP contribution < -0.4 is 10.5 Å². The quantitative estimate of drug-likeness (QED) is 0.596. The van der Waals surface area contributed by atoms with Crippen molar-refractivity contribution in [3.8, 4) is 17.7 Å². The summed E-state index contributed by atoms with van der Waals surface area (Å²) in [6.45, 7) is 0. The number of ether oxygens (including phenoxy) is 1. The van der Waals surface area contributed by atoms with Crippen molar-refractivity contribution in [2.75, 3.05) is 12.8 Å². The van der Waals surface area contributed by atoms with Gasteiger partial charge in [0.25, 0.3) is 0 Å². The maximum absolute atomic E-state index is 5.68. The van der Waals surface area contributed by atoms with Gasteiger partial charge < -0.3 is 10.5 Å². The molecule has 2 rings (SSSR count). The molecule has 2 aromatic rings. The number of aromatic nitrogens is 1. The molecule has 1 heterocycles. The van der Waals surface area contributed by atoms with Gasteiger partial charge in [0.1, 0.15) is 0 Å². The van der Waals surface area contributed by atoms with Crippen molar-refractivity contribution in [1.29, 1.82) is 0 Å². The predicted octanol–water partition coefficient (Wildman–Crippen LogP) is 2.07. The van der Waals surface area contributed by atoms with Crippen molar-refractivity contribution < 1.29 is 4.74 Å². The lowest BCUT2D eigenvalue weighted by Gasteiger charge is -1.97. The van der Waals surface area contributed by atoms with E-state index in [0.717, 1.165) is 11.1 Å². The van der Waals surface area contributed by atoms with E-state index in [2.05, 4.69) is 16.8 Å². The van der Waals surface area contributed by atoms with Gasteiger partial charge in [0.2, 0.25) is 5.88 Å². The van der Waals surface area contributed by atoms with E-state index >= 15 is 0 Å². The summed E-state index contributed by atoms with van der Waals surface area (Å²) in [7, 11) is 1.58. The molecule has 2 N–H and O–H groups in total. The van der Waals surface area contributed by atoms with Gasteiger partial charge in [-0.1, -0.05) is 17.9 Å². The van der Waals surface area contributed by atoms with Gasteiger partial charge >= 0.3 is 0 Å². The van der Waals surface area contributed by atoms with E-state index in [9.17, 15) is 0 Å². The van der Waals surface area contributed by atoms with Gasteiger partial charge in [-0.25, -0.2) is 4.98 Å². The van der Waals surface area contributed by atoms with E-state index < -0.39 is 0 Å². The summed E-state index contributed by atoms with van der Waals surface area (Å²) < 4.78 is 5.03. The molecule has 0 amide bonds. The summed E-state index contributed by atoms with van der Waals surface area (Å²) in [4.78, 5) is 4.02. The van der Waals surface area contributed by atoms with E-state index in [1.54, 1.807) is 19.4 Å². The molecule has 0 atom stereocenters. The Morgan fingerprint density at radius 2 is 1.88 bits per heavy atom. The molecular formula is C14H12N2O. The highest BCUT2D eigenvalue weighted by Crippen LogP contribution is 2.08. The summed E-state index contributed by atoms with van der Waals surface area (Å²) >= 11 is 0. The molecule has 0 saturated heterocycles. The summed E-state index contributed by atoms with van der Waals surface area (Å²) in [6.07, 6.45) is 1.67. The molecule has 0 fully saturated rings. The Morgan fingerprint density at radius 3 is 2.59 bits per heavy atom. The second-order valence-corrected chi connectivity index (χ2v) is 3.46. The second kappa shape index (κ2) is 5.04. The minimum atomic E-state index is 0.560. The lowest BCUT2D eigenvalue weighted by Crippen LogP contribution is -1.87. The minimum Gasteiger partial charge on any atom is -0.481 e. The van der Waals surface area contributed by atoms with Crippen LogP contribution in [0.25, 0.3) is 0 Å². The summed E-state index contributed by atoms with van der Waals surface area (Å²) in [5, 5.41) is 0. The van der Waals surface area contributed by atoms with Crippen molar-refractivity contribution in [2.24, 2.45) is 0 Å². The Hall–Kier alpha value is -2.47. The summed E-state index contributed by atoms with van der Waals surface area (Å²) in [5.74, 6) is 6.64. The normalized spacial score (nSPS) is 9.24. The van der Waals surface area contributed by atoms with Gasteiger partial charge in [0, 0.05) is 29.1 Å². The number of pyridine rings is 1. The first kappa shape index (κ1) is 11.0. The predicted molar refractivity (Wildman–Crippen MR) is 67.6 cm³/mol. The molecule has 0 bridgehead atoms. The highest BCUT2D eigenvalue weighted by atomic mass is 16.5. The molecule has 0 aliphatic carbocycles. The van der Waals surface area contributed by atoms with Gasteiger partial charge in [0.15, 0.2) is 0 Å². The third-order valence-electron chi connectivity index (χ3n) is 2.18. The number of nitrogen functional groups attached to an aromatic ring is 1. The van der Waals surface area contributed by atoms with Gasteiger partial charge in [-0.15, -0.1) is 0 Å². The van der Waals surface area contributed by atoms with Crippen LogP contribution in [-0.4, -0.2) is 12.1 Å². The monoisotopic (exact) mass is 224 g/mol. The van der Waals surface area contributed by atoms with Crippen molar-refractivity contribution in [1.82, 2.24) is 4.98 Å². The number of hydrogen-bond donors (Lipinski definition) is 1. The summed E-state index contributed by atoms with van der Waals surface area (Å²) in [5.41, 5.74) is 8.14. The van der Waals surface area contributed by atoms with Crippen LogP contribution in [0, 0.1) is 11.8 Å². The average Bonchev–Trinajstić information content (AvgIpc) is 2.37. The van der Waals surface area contributed by atoms with Gasteiger partial charge in [-0.3, -0.25) is 0 Å². The topological polar surface area (TPSA) is 48.1 Å². The number of anilines is 1. The van der Waals surface area contributed by atoms with Crippen molar-refractivity contribution in [3.05, 3.63) is 53.7 Å². The Bertz CT molecular complexity index is 582. The highest BCUT2D eigenvalue weighted by Gasteiger charge is 1.93. The Balaban J connectivity index is 2.26. The first-order chi connectivity index (χ1) is 8.28. The number of nitrogens with zero attached hydrogens (tertiary/aromatic N) is 1. The van der Waals surface area contributed by atoms with Crippen LogP contribution in [0.5, 0.6) is 5.88 Å². The molecule has 0 spiro atoms. The van der Waals surface area contributed by atoms with Crippen molar-refractivity contribution >= 4 is 5.69 Å². The lowest BCUT2D eigenvalue weighted by atomic mass is 10.2. The SMILES string of the molecule is COc1cc(C#Cc2cccc(N)c2)ccn1. The van der Waals surface area contributed by atoms with Crippen LogP contribution in [0.2, 0.25) is 0 Å². The molecule has 84 valence electrons. The molecule has 1 aromatic heterocycles. The van der Waals surface area contributed by atoms with Crippen LogP contribution in [0.3, 0.4) is 0 Å². The van der Waals surface area contributed by atoms with E-state index in [0.29, 0.717) is 11.6 Å². The first-order valence-corrected chi connectivity index (χ1v) is 5.15. The average molecular weight is 224 g/mol. The Labute approximate surface area is 100 Å². The third kappa shape index (κ3) is 2.99. The summed E-state index contributed by atoms with van der Waals surface area (Å²) in [6, 6.07) is 11.1. The molecule has 0 saturated carbocycles. The minimum absolute atomic E-state index is 0.560. The van der Waals surface area contributed by atoms with Crippen molar-refractivity contribution in [3.63, 3.8) is 0 Å². The maximum atomic E-state index is 5.68. The van der Waals surface area contributed by atoms with Crippen LogP contribution in [0.15, 0.2) is 42.6 Å². The lowest BCUT2D eigenvalue weighted by molar-refractivity contribution is 0.398. The Kier molecular flexibility index (Phi) is 3.27. The smallest absolute Gasteiger partial charge is 0.214 e. The third-order valence-corrected chi connectivity index (χ3v) is 2.18. The van der Waals surface area contributed by atoms with Gasteiger partial charge in [0.05, 0.1) is 7.11 Å². The zero-order chi connectivity index (χ0) is 12.1. The number of benzene rings is 1. The second-order valence-electron chi connectivity index (χ2n) is 3.46. The fraction of sp³-hybridized carbons (Fsp3) is 0.0714. The molecular weight excluding hydrogens is 212 g/mol. The number of hydrogen-bond acceptors (Lipinski definition) is 3. The van der Waals surface area contributed by atoms with Crippen LogP contribution in [-0.2, 0) is 0 Å². The zero-order valence-corrected chi connectivity index (χ0v) is 9.47. The van der Waals surface area contributed by atoms with E-state index in [-0.39, 0.29) is 0 Å². The number of nitrogens with two attached hydrogens (primary N) is 1. The van der Waals surface area contributed by atoms with Crippen LogP contribution in [0.4, 0.5) is 5.69 Å². The molecule has 0 radical (unpaired) electrons. The zero-order valence-electron chi connectivity index (χ0n) is 9.47. The molecule has 17 heavy (non-hydrogen) atoms.